The van der Waals surface area contributed by atoms with E-state index in [-0.39, 0.29) is 11.9 Å². The van der Waals surface area contributed by atoms with Crippen LogP contribution in [0.4, 0.5) is 0 Å². The fourth-order valence-electron chi connectivity index (χ4n) is 1.57. The van der Waals surface area contributed by atoms with Crippen molar-refractivity contribution in [3.8, 4) is 0 Å². The largest absolute Gasteiger partial charge is 0.355 e. The first-order valence-corrected chi connectivity index (χ1v) is 6.51. The number of amides is 1. The number of carbonyl (C=O) groups excluding carboxylic acids is 1. The molecule has 0 bridgehead atoms. The molecule has 0 fully saturated rings. The summed E-state index contributed by atoms with van der Waals surface area (Å²) in [7, 11) is 0. The van der Waals surface area contributed by atoms with Gasteiger partial charge in [0.15, 0.2) is 0 Å². The average Bonchev–Trinajstić information content (AvgIpc) is 2.22. The summed E-state index contributed by atoms with van der Waals surface area (Å²) in [6.45, 7) is 11.4. The third-order valence-corrected chi connectivity index (χ3v) is 2.65. The smallest absolute Gasteiger partial charge is 0.236 e. The first-order valence-electron chi connectivity index (χ1n) is 6.51. The van der Waals surface area contributed by atoms with Crippen molar-refractivity contribution >= 4 is 5.91 Å². The molecule has 0 saturated heterocycles. The Balaban J connectivity index is 3.75. The molecular formula is C13H28N2O. The molecule has 0 spiro atoms. The highest BCUT2D eigenvalue weighted by atomic mass is 16.2. The minimum absolute atomic E-state index is 0.0892. The monoisotopic (exact) mass is 228 g/mol. The van der Waals surface area contributed by atoms with Gasteiger partial charge in [0.2, 0.25) is 5.91 Å². The van der Waals surface area contributed by atoms with Crippen LogP contribution >= 0.6 is 0 Å². The Labute approximate surface area is 100 Å². The molecule has 2 unspecified atom stereocenters. The lowest BCUT2D eigenvalue weighted by Gasteiger charge is -2.20. The molecule has 1 amide bonds. The molecule has 0 aliphatic carbocycles. The van der Waals surface area contributed by atoms with Crippen LogP contribution in [0.3, 0.4) is 0 Å². The highest BCUT2D eigenvalue weighted by Crippen LogP contribution is 2.06. The molecule has 0 aliphatic heterocycles. The Morgan fingerprint density at radius 1 is 1.12 bits per heavy atom. The van der Waals surface area contributed by atoms with Crippen molar-refractivity contribution in [1.29, 1.82) is 0 Å². The van der Waals surface area contributed by atoms with Gasteiger partial charge in [0.05, 0.1) is 6.04 Å². The first-order chi connectivity index (χ1) is 7.47. The summed E-state index contributed by atoms with van der Waals surface area (Å²) >= 11 is 0. The van der Waals surface area contributed by atoms with Gasteiger partial charge >= 0.3 is 0 Å². The van der Waals surface area contributed by atoms with Gasteiger partial charge in [0.25, 0.3) is 0 Å². The third-order valence-electron chi connectivity index (χ3n) is 2.65. The maximum Gasteiger partial charge on any atom is 0.236 e. The second-order valence-electron chi connectivity index (χ2n) is 5.05. The molecule has 0 rings (SSSR count). The van der Waals surface area contributed by atoms with Crippen molar-refractivity contribution in [3.05, 3.63) is 0 Å². The van der Waals surface area contributed by atoms with Gasteiger partial charge in [0.1, 0.15) is 0 Å². The molecule has 0 aliphatic rings. The van der Waals surface area contributed by atoms with Crippen LogP contribution in [-0.4, -0.2) is 24.5 Å². The second-order valence-corrected chi connectivity index (χ2v) is 5.05. The Morgan fingerprint density at radius 2 is 1.75 bits per heavy atom. The highest BCUT2D eigenvalue weighted by molar-refractivity contribution is 5.81. The second kappa shape index (κ2) is 8.57. The maximum atomic E-state index is 11.6. The standard InChI is InChI=1S/C13H28N2O/c1-6-9-14-13(16)12(5)15-11(4)8-7-10(2)3/h10-12,15H,6-9H2,1-5H3,(H,14,16). The van der Waals surface area contributed by atoms with E-state index in [0.29, 0.717) is 6.04 Å². The summed E-state index contributed by atoms with van der Waals surface area (Å²) in [5.41, 5.74) is 0. The Kier molecular flexibility index (Phi) is 8.26. The van der Waals surface area contributed by atoms with Gasteiger partial charge in [-0.1, -0.05) is 20.8 Å². The summed E-state index contributed by atoms with van der Waals surface area (Å²) < 4.78 is 0. The maximum absolute atomic E-state index is 11.6. The zero-order chi connectivity index (χ0) is 12.6. The molecule has 96 valence electrons. The van der Waals surface area contributed by atoms with Crippen molar-refractivity contribution in [3.63, 3.8) is 0 Å². The Morgan fingerprint density at radius 3 is 2.25 bits per heavy atom. The molecule has 0 aromatic rings. The lowest BCUT2D eigenvalue weighted by molar-refractivity contribution is -0.122. The lowest BCUT2D eigenvalue weighted by atomic mass is 10.0. The first kappa shape index (κ1) is 15.4. The lowest BCUT2D eigenvalue weighted by Crippen LogP contribution is -2.45. The van der Waals surface area contributed by atoms with Gasteiger partial charge in [-0.2, -0.15) is 0 Å². The van der Waals surface area contributed by atoms with Gasteiger partial charge in [-0.15, -0.1) is 0 Å². The van der Waals surface area contributed by atoms with Crippen LogP contribution in [-0.2, 0) is 4.79 Å². The van der Waals surface area contributed by atoms with E-state index in [1.807, 2.05) is 6.92 Å². The molecular weight excluding hydrogens is 200 g/mol. The average molecular weight is 228 g/mol. The van der Waals surface area contributed by atoms with Crippen molar-refractivity contribution < 1.29 is 4.79 Å². The molecule has 2 N–H and O–H groups in total. The SMILES string of the molecule is CCCNC(=O)C(C)NC(C)CCC(C)C. The molecule has 0 heterocycles. The predicted molar refractivity (Wildman–Crippen MR) is 69.4 cm³/mol. The van der Waals surface area contributed by atoms with E-state index in [1.54, 1.807) is 0 Å². The minimum atomic E-state index is -0.0892. The summed E-state index contributed by atoms with van der Waals surface area (Å²) in [5.74, 6) is 0.840. The molecule has 0 radical (unpaired) electrons. The Hall–Kier alpha value is -0.570. The van der Waals surface area contributed by atoms with Crippen molar-refractivity contribution in [2.24, 2.45) is 5.92 Å². The van der Waals surface area contributed by atoms with Crippen LogP contribution in [0.15, 0.2) is 0 Å². The molecule has 0 aromatic heterocycles. The van der Waals surface area contributed by atoms with Gasteiger partial charge < -0.3 is 10.6 Å². The summed E-state index contributed by atoms with van der Waals surface area (Å²) in [6.07, 6.45) is 3.32. The van der Waals surface area contributed by atoms with Gasteiger partial charge in [-0.3, -0.25) is 4.79 Å². The Bertz CT molecular complexity index is 192. The van der Waals surface area contributed by atoms with Crippen LogP contribution in [0.2, 0.25) is 0 Å². The van der Waals surface area contributed by atoms with Crippen LogP contribution in [0.25, 0.3) is 0 Å². The van der Waals surface area contributed by atoms with Crippen molar-refractivity contribution in [1.82, 2.24) is 10.6 Å². The van der Waals surface area contributed by atoms with Gasteiger partial charge in [0, 0.05) is 12.6 Å². The molecule has 16 heavy (non-hydrogen) atoms. The van der Waals surface area contributed by atoms with E-state index in [4.69, 9.17) is 0 Å². The molecule has 3 heteroatoms. The van der Waals surface area contributed by atoms with E-state index >= 15 is 0 Å². The quantitative estimate of drug-likeness (QED) is 0.669. The summed E-state index contributed by atoms with van der Waals surface area (Å²) in [6, 6.07) is 0.318. The zero-order valence-corrected chi connectivity index (χ0v) is 11.5. The predicted octanol–water partition coefficient (Wildman–Crippen LogP) is 2.32. The van der Waals surface area contributed by atoms with Crippen LogP contribution in [0, 0.1) is 5.92 Å². The number of hydrogen-bond acceptors (Lipinski definition) is 2. The number of nitrogens with one attached hydrogen (secondary N) is 2. The topological polar surface area (TPSA) is 41.1 Å². The molecule has 3 nitrogen and oxygen atoms in total. The van der Waals surface area contributed by atoms with Crippen molar-refractivity contribution in [2.45, 2.75) is 66.0 Å². The van der Waals surface area contributed by atoms with Crippen molar-refractivity contribution in [2.75, 3.05) is 6.54 Å². The van der Waals surface area contributed by atoms with E-state index < -0.39 is 0 Å². The highest BCUT2D eigenvalue weighted by Gasteiger charge is 2.14. The fourth-order valence-corrected chi connectivity index (χ4v) is 1.57. The van der Waals surface area contributed by atoms with Crippen LogP contribution in [0.5, 0.6) is 0 Å². The normalized spacial score (nSPS) is 14.9. The number of hydrogen-bond donors (Lipinski definition) is 2. The molecule has 0 saturated carbocycles. The van der Waals surface area contributed by atoms with E-state index in [9.17, 15) is 4.79 Å². The summed E-state index contributed by atoms with van der Waals surface area (Å²) in [5, 5.41) is 6.23. The molecule has 0 aromatic carbocycles. The van der Waals surface area contributed by atoms with Gasteiger partial charge in [-0.05, 0) is 39.0 Å². The van der Waals surface area contributed by atoms with Crippen LogP contribution < -0.4 is 10.6 Å². The zero-order valence-electron chi connectivity index (χ0n) is 11.5. The fraction of sp³-hybridized carbons (Fsp3) is 0.923. The molecule has 2 atom stereocenters. The van der Waals surface area contributed by atoms with E-state index in [2.05, 4.69) is 38.3 Å². The number of rotatable bonds is 8. The minimum Gasteiger partial charge on any atom is -0.355 e. The van der Waals surface area contributed by atoms with E-state index in [0.717, 1.165) is 25.3 Å². The van der Waals surface area contributed by atoms with E-state index in [1.165, 1.54) is 6.42 Å². The number of carbonyl (C=O) groups is 1. The summed E-state index contributed by atoms with van der Waals surface area (Å²) in [4.78, 5) is 11.6. The van der Waals surface area contributed by atoms with Gasteiger partial charge in [-0.25, -0.2) is 0 Å². The third kappa shape index (κ3) is 7.69. The van der Waals surface area contributed by atoms with Crippen LogP contribution in [0.1, 0.15) is 53.9 Å².